The van der Waals surface area contributed by atoms with Gasteiger partial charge in [0.25, 0.3) is 0 Å². The van der Waals surface area contributed by atoms with Crippen molar-refractivity contribution in [3.63, 3.8) is 0 Å². The fourth-order valence-corrected chi connectivity index (χ4v) is 1.62. The number of benzene rings is 1. The maximum atomic E-state index is 13.0. The Morgan fingerprint density at radius 2 is 2.21 bits per heavy atom. The van der Waals surface area contributed by atoms with Crippen LogP contribution in [0.25, 0.3) is 0 Å². The molecule has 0 aliphatic heterocycles. The molecule has 1 aromatic carbocycles. The van der Waals surface area contributed by atoms with E-state index in [9.17, 15) is 13.6 Å². The van der Waals surface area contributed by atoms with Crippen molar-refractivity contribution in [1.82, 2.24) is 20.5 Å². The SMILES string of the molecule is CC(NC(=O)Cc1ccc(F)c(F)c1)c1ncn[nH]1. The molecule has 7 heteroatoms. The van der Waals surface area contributed by atoms with E-state index in [1.54, 1.807) is 6.92 Å². The average molecular weight is 266 g/mol. The highest BCUT2D eigenvalue weighted by atomic mass is 19.2. The molecular formula is C12H12F2N4O. The lowest BCUT2D eigenvalue weighted by atomic mass is 10.1. The van der Waals surface area contributed by atoms with Crippen LogP contribution in [0, 0.1) is 11.6 Å². The summed E-state index contributed by atoms with van der Waals surface area (Å²) in [4.78, 5) is 15.6. The van der Waals surface area contributed by atoms with Crippen LogP contribution in [-0.2, 0) is 11.2 Å². The normalized spacial score (nSPS) is 12.2. The number of hydrogen-bond donors (Lipinski definition) is 2. The Hall–Kier alpha value is -2.31. The summed E-state index contributed by atoms with van der Waals surface area (Å²) < 4.78 is 25.7. The van der Waals surface area contributed by atoms with Gasteiger partial charge in [0.2, 0.25) is 5.91 Å². The van der Waals surface area contributed by atoms with Gasteiger partial charge >= 0.3 is 0 Å². The number of aromatic amines is 1. The van der Waals surface area contributed by atoms with Gasteiger partial charge < -0.3 is 5.32 Å². The van der Waals surface area contributed by atoms with Crippen LogP contribution in [0.2, 0.25) is 0 Å². The predicted molar refractivity (Wildman–Crippen MR) is 63.0 cm³/mol. The van der Waals surface area contributed by atoms with Gasteiger partial charge in [-0.2, -0.15) is 5.10 Å². The van der Waals surface area contributed by atoms with Crippen LogP contribution in [0.1, 0.15) is 24.4 Å². The van der Waals surface area contributed by atoms with Gasteiger partial charge in [-0.15, -0.1) is 0 Å². The Balaban J connectivity index is 1.95. The Morgan fingerprint density at radius 1 is 1.42 bits per heavy atom. The molecule has 2 N–H and O–H groups in total. The third-order valence-corrected chi connectivity index (χ3v) is 2.57. The molecule has 1 atom stereocenters. The molecule has 1 unspecified atom stereocenters. The summed E-state index contributed by atoms with van der Waals surface area (Å²) >= 11 is 0. The van der Waals surface area contributed by atoms with Gasteiger partial charge in [-0.05, 0) is 24.6 Å². The zero-order chi connectivity index (χ0) is 13.8. The third-order valence-electron chi connectivity index (χ3n) is 2.57. The first-order chi connectivity index (χ1) is 9.06. The topological polar surface area (TPSA) is 70.7 Å². The molecule has 0 bridgehead atoms. The molecule has 100 valence electrons. The van der Waals surface area contributed by atoms with Crippen molar-refractivity contribution in [2.24, 2.45) is 0 Å². The highest BCUT2D eigenvalue weighted by Crippen LogP contribution is 2.10. The van der Waals surface area contributed by atoms with Crippen LogP contribution in [-0.4, -0.2) is 21.1 Å². The van der Waals surface area contributed by atoms with E-state index in [0.717, 1.165) is 12.1 Å². The zero-order valence-electron chi connectivity index (χ0n) is 10.2. The largest absolute Gasteiger partial charge is 0.346 e. The van der Waals surface area contributed by atoms with Crippen LogP contribution in [0.3, 0.4) is 0 Å². The maximum absolute atomic E-state index is 13.0. The summed E-state index contributed by atoms with van der Waals surface area (Å²) in [5.74, 6) is -1.68. The minimum Gasteiger partial charge on any atom is -0.346 e. The summed E-state index contributed by atoms with van der Waals surface area (Å²) in [6, 6.07) is 3.04. The summed E-state index contributed by atoms with van der Waals surface area (Å²) in [5.41, 5.74) is 0.404. The molecule has 0 radical (unpaired) electrons. The monoisotopic (exact) mass is 266 g/mol. The molecule has 5 nitrogen and oxygen atoms in total. The van der Waals surface area contributed by atoms with Crippen molar-refractivity contribution in [3.05, 3.63) is 47.5 Å². The van der Waals surface area contributed by atoms with E-state index >= 15 is 0 Å². The Bertz CT molecular complexity index is 571. The molecule has 2 rings (SSSR count). The van der Waals surface area contributed by atoms with Crippen molar-refractivity contribution >= 4 is 5.91 Å². The van der Waals surface area contributed by atoms with E-state index in [1.807, 2.05) is 0 Å². The molecular weight excluding hydrogens is 254 g/mol. The summed E-state index contributed by atoms with van der Waals surface area (Å²) in [6.45, 7) is 1.74. The molecule has 0 aliphatic carbocycles. The number of halogens is 2. The quantitative estimate of drug-likeness (QED) is 0.881. The lowest BCUT2D eigenvalue weighted by Gasteiger charge is -2.11. The number of rotatable bonds is 4. The van der Waals surface area contributed by atoms with Crippen LogP contribution in [0.5, 0.6) is 0 Å². The number of nitrogens with one attached hydrogen (secondary N) is 2. The number of H-pyrrole nitrogens is 1. The number of amides is 1. The highest BCUT2D eigenvalue weighted by Gasteiger charge is 2.13. The van der Waals surface area contributed by atoms with Crippen molar-refractivity contribution in [3.8, 4) is 0 Å². The molecule has 1 aromatic heterocycles. The van der Waals surface area contributed by atoms with Gasteiger partial charge in [-0.25, -0.2) is 13.8 Å². The molecule has 0 spiro atoms. The smallest absolute Gasteiger partial charge is 0.225 e. The second-order valence-electron chi connectivity index (χ2n) is 4.09. The Kier molecular flexibility index (Phi) is 3.84. The highest BCUT2D eigenvalue weighted by molar-refractivity contribution is 5.78. The second kappa shape index (κ2) is 5.55. The molecule has 19 heavy (non-hydrogen) atoms. The molecule has 2 aromatic rings. The Morgan fingerprint density at radius 3 is 2.84 bits per heavy atom. The number of carbonyl (C=O) groups excluding carboxylic acids is 1. The van der Waals surface area contributed by atoms with Crippen LogP contribution in [0.15, 0.2) is 24.5 Å². The van der Waals surface area contributed by atoms with E-state index in [4.69, 9.17) is 0 Å². The third kappa shape index (κ3) is 3.34. The minimum atomic E-state index is -0.964. The van der Waals surface area contributed by atoms with Gasteiger partial charge in [-0.3, -0.25) is 9.89 Å². The van der Waals surface area contributed by atoms with E-state index < -0.39 is 11.6 Å². The molecule has 1 amide bonds. The number of hydrogen-bond acceptors (Lipinski definition) is 3. The molecule has 1 heterocycles. The molecule has 0 saturated carbocycles. The first-order valence-corrected chi connectivity index (χ1v) is 5.65. The van der Waals surface area contributed by atoms with Gasteiger partial charge in [-0.1, -0.05) is 6.07 Å². The predicted octanol–water partition coefficient (Wildman–Crippen LogP) is 1.50. The van der Waals surface area contributed by atoms with E-state index in [1.165, 1.54) is 12.4 Å². The summed E-state index contributed by atoms with van der Waals surface area (Å²) in [6.07, 6.45) is 1.31. The molecule has 0 saturated heterocycles. The lowest BCUT2D eigenvalue weighted by molar-refractivity contribution is -0.121. The van der Waals surface area contributed by atoms with E-state index in [0.29, 0.717) is 11.4 Å². The first kappa shape index (κ1) is 13.1. The Labute approximate surface area is 108 Å². The number of aromatic nitrogens is 3. The minimum absolute atomic E-state index is 0.0321. The van der Waals surface area contributed by atoms with E-state index in [-0.39, 0.29) is 18.4 Å². The number of nitrogens with zero attached hydrogens (tertiary/aromatic N) is 2. The molecule has 0 aliphatic rings. The van der Waals surface area contributed by atoms with Crippen molar-refractivity contribution in [2.45, 2.75) is 19.4 Å². The fraction of sp³-hybridized carbons (Fsp3) is 0.250. The van der Waals surface area contributed by atoms with Crippen molar-refractivity contribution in [1.29, 1.82) is 0 Å². The van der Waals surface area contributed by atoms with Crippen LogP contribution < -0.4 is 5.32 Å². The first-order valence-electron chi connectivity index (χ1n) is 5.65. The van der Waals surface area contributed by atoms with E-state index in [2.05, 4.69) is 20.5 Å². The molecule has 0 fully saturated rings. The maximum Gasteiger partial charge on any atom is 0.225 e. The van der Waals surface area contributed by atoms with Crippen LogP contribution in [0.4, 0.5) is 8.78 Å². The fourth-order valence-electron chi connectivity index (χ4n) is 1.62. The zero-order valence-corrected chi connectivity index (χ0v) is 10.2. The van der Waals surface area contributed by atoms with Gasteiger partial charge in [0.05, 0.1) is 12.5 Å². The van der Waals surface area contributed by atoms with Crippen LogP contribution >= 0.6 is 0 Å². The van der Waals surface area contributed by atoms with Crippen molar-refractivity contribution < 1.29 is 13.6 Å². The average Bonchev–Trinajstić information content (AvgIpc) is 2.87. The summed E-state index contributed by atoms with van der Waals surface area (Å²) in [7, 11) is 0. The van der Waals surface area contributed by atoms with Gasteiger partial charge in [0, 0.05) is 0 Å². The standard InChI is InChI=1S/C12H12F2N4O/c1-7(12-15-6-16-18-12)17-11(19)5-8-2-3-9(13)10(14)4-8/h2-4,6-7H,5H2,1H3,(H,17,19)(H,15,16,18). The van der Waals surface area contributed by atoms with Gasteiger partial charge in [0.15, 0.2) is 11.6 Å². The second-order valence-corrected chi connectivity index (χ2v) is 4.09. The number of carbonyl (C=O) groups is 1. The lowest BCUT2D eigenvalue weighted by Crippen LogP contribution is -2.28. The summed E-state index contributed by atoms with van der Waals surface area (Å²) in [5, 5.41) is 8.99. The van der Waals surface area contributed by atoms with Gasteiger partial charge in [0.1, 0.15) is 12.2 Å². The van der Waals surface area contributed by atoms with Crippen molar-refractivity contribution in [2.75, 3.05) is 0 Å².